The first kappa shape index (κ1) is 11.1. The first-order valence-electron chi connectivity index (χ1n) is 4.83. The van der Waals surface area contributed by atoms with Crippen molar-refractivity contribution in [3.63, 3.8) is 0 Å². The summed E-state index contributed by atoms with van der Waals surface area (Å²) >= 11 is 5.83. The van der Waals surface area contributed by atoms with Gasteiger partial charge in [-0.05, 0) is 25.1 Å². The molecule has 0 fully saturated rings. The fraction of sp³-hybridized carbons (Fsp3) is 0.182. The number of halogens is 2. The van der Waals surface area contributed by atoms with Crippen LogP contribution in [0.2, 0.25) is 5.02 Å². The highest BCUT2D eigenvalue weighted by molar-refractivity contribution is 6.30. The molecule has 0 aliphatic rings. The maximum Gasteiger partial charge on any atom is 0.147 e. The Morgan fingerprint density at radius 1 is 1.50 bits per heavy atom. The van der Waals surface area contributed by atoms with Crippen molar-refractivity contribution >= 4 is 11.6 Å². The molecule has 0 spiro atoms. The van der Waals surface area contributed by atoms with Gasteiger partial charge in [-0.25, -0.2) is 9.37 Å². The van der Waals surface area contributed by atoms with E-state index in [-0.39, 0.29) is 11.9 Å². The molecule has 1 heterocycles. The number of hydrogen-bond acceptors (Lipinski definition) is 2. The monoisotopic (exact) mass is 239 g/mol. The molecule has 1 aromatic carbocycles. The summed E-state index contributed by atoms with van der Waals surface area (Å²) in [6.07, 6.45) is 3.14. The summed E-state index contributed by atoms with van der Waals surface area (Å²) in [5.41, 5.74) is 6.86. The number of imidazole rings is 1. The molecule has 84 valence electrons. The second kappa shape index (κ2) is 4.23. The topological polar surface area (TPSA) is 43.8 Å². The van der Waals surface area contributed by atoms with E-state index in [0.29, 0.717) is 10.7 Å². The van der Waals surface area contributed by atoms with Crippen LogP contribution in [0.4, 0.5) is 4.39 Å². The number of nitrogens with zero attached hydrogens (tertiary/aromatic N) is 2. The normalized spacial score (nSPS) is 12.8. The Labute approximate surface area is 97.7 Å². The third kappa shape index (κ3) is 1.94. The Bertz CT molecular complexity index is 508. The highest BCUT2D eigenvalue weighted by Gasteiger charge is 2.12. The fourth-order valence-electron chi connectivity index (χ4n) is 1.51. The lowest BCUT2D eigenvalue weighted by molar-refractivity contribution is 0.612. The lowest BCUT2D eigenvalue weighted by Crippen LogP contribution is -2.11. The van der Waals surface area contributed by atoms with Crippen LogP contribution in [0, 0.1) is 5.82 Å². The summed E-state index contributed by atoms with van der Waals surface area (Å²) in [6, 6.07) is 4.15. The molecule has 0 radical (unpaired) electrons. The minimum Gasteiger partial charge on any atom is -0.323 e. The van der Waals surface area contributed by atoms with Crippen molar-refractivity contribution in [2.75, 3.05) is 0 Å². The Morgan fingerprint density at radius 2 is 2.25 bits per heavy atom. The van der Waals surface area contributed by atoms with Crippen LogP contribution in [-0.4, -0.2) is 9.55 Å². The van der Waals surface area contributed by atoms with Crippen molar-refractivity contribution in [2.45, 2.75) is 13.0 Å². The first-order valence-corrected chi connectivity index (χ1v) is 5.20. The number of hydrogen-bond donors (Lipinski definition) is 1. The van der Waals surface area contributed by atoms with Gasteiger partial charge >= 0.3 is 0 Å². The molecular weight excluding hydrogens is 229 g/mol. The molecular formula is C11H11ClFN3. The number of aromatic nitrogens is 2. The van der Waals surface area contributed by atoms with E-state index >= 15 is 0 Å². The van der Waals surface area contributed by atoms with Gasteiger partial charge in [0.25, 0.3) is 0 Å². The first-order chi connectivity index (χ1) is 7.59. The highest BCUT2D eigenvalue weighted by atomic mass is 35.5. The second-order valence-corrected chi connectivity index (χ2v) is 4.01. The van der Waals surface area contributed by atoms with Crippen molar-refractivity contribution in [2.24, 2.45) is 5.73 Å². The lowest BCUT2D eigenvalue weighted by atomic mass is 10.2. The van der Waals surface area contributed by atoms with Crippen molar-refractivity contribution < 1.29 is 4.39 Å². The fourth-order valence-corrected chi connectivity index (χ4v) is 1.68. The minimum absolute atomic E-state index is 0.221. The van der Waals surface area contributed by atoms with Crippen molar-refractivity contribution in [1.82, 2.24) is 9.55 Å². The molecule has 5 heteroatoms. The summed E-state index contributed by atoms with van der Waals surface area (Å²) in [5.74, 6) is -0.357. The van der Waals surface area contributed by atoms with Gasteiger partial charge in [0.05, 0.1) is 23.9 Å². The summed E-state index contributed by atoms with van der Waals surface area (Å²) in [7, 11) is 0. The molecule has 1 atom stereocenters. The number of nitrogens with two attached hydrogens (primary N) is 1. The summed E-state index contributed by atoms with van der Waals surface area (Å²) < 4.78 is 15.2. The van der Waals surface area contributed by atoms with Crippen LogP contribution in [-0.2, 0) is 0 Å². The smallest absolute Gasteiger partial charge is 0.147 e. The minimum atomic E-state index is -0.357. The molecule has 0 amide bonds. The second-order valence-electron chi connectivity index (χ2n) is 3.57. The van der Waals surface area contributed by atoms with Crippen LogP contribution in [0.5, 0.6) is 0 Å². The quantitative estimate of drug-likeness (QED) is 0.876. The van der Waals surface area contributed by atoms with Crippen LogP contribution < -0.4 is 5.73 Å². The Morgan fingerprint density at radius 3 is 2.94 bits per heavy atom. The van der Waals surface area contributed by atoms with E-state index in [9.17, 15) is 4.39 Å². The van der Waals surface area contributed by atoms with Crippen LogP contribution in [0.1, 0.15) is 18.7 Å². The van der Waals surface area contributed by atoms with Gasteiger partial charge in [0, 0.05) is 11.1 Å². The van der Waals surface area contributed by atoms with E-state index in [0.717, 1.165) is 5.69 Å². The molecule has 0 aliphatic carbocycles. The summed E-state index contributed by atoms with van der Waals surface area (Å²) in [4.78, 5) is 3.96. The molecule has 16 heavy (non-hydrogen) atoms. The zero-order chi connectivity index (χ0) is 11.7. The largest absolute Gasteiger partial charge is 0.323 e. The zero-order valence-corrected chi connectivity index (χ0v) is 9.45. The standard InChI is InChI=1S/C11H11ClFN3/c1-7(14)11-5-15-6-16(11)10-4-8(12)2-3-9(10)13/h2-7H,14H2,1H3/t7-/m1/s1. The van der Waals surface area contributed by atoms with Crippen molar-refractivity contribution in [3.8, 4) is 5.69 Å². The summed E-state index contributed by atoms with van der Waals surface area (Å²) in [6.45, 7) is 1.82. The third-order valence-corrected chi connectivity index (χ3v) is 2.54. The van der Waals surface area contributed by atoms with Gasteiger partial charge in [-0.3, -0.25) is 4.57 Å². The number of rotatable bonds is 2. The lowest BCUT2D eigenvalue weighted by Gasteiger charge is -2.11. The van der Waals surface area contributed by atoms with E-state index in [1.807, 2.05) is 6.92 Å². The predicted octanol–water partition coefficient (Wildman–Crippen LogP) is 2.68. The molecule has 0 saturated carbocycles. The van der Waals surface area contributed by atoms with Gasteiger partial charge in [-0.15, -0.1) is 0 Å². The average molecular weight is 240 g/mol. The van der Waals surface area contributed by atoms with Gasteiger partial charge in [-0.2, -0.15) is 0 Å². The Balaban J connectivity index is 2.58. The molecule has 1 aromatic heterocycles. The molecule has 2 N–H and O–H groups in total. The van der Waals surface area contributed by atoms with Gasteiger partial charge in [0.15, 0.2) is 0 Å². The van der Waals surface area contributed by atoms with E-state index in [1.54, 1.807) is 16.8 Å². The maximum atomic E-state index is 13.6. The molecule has 0 aliphatic heterocycles. The average Bonchev–Trinajstić information content (AvgIpc) is 2.70. The Kier molecular flexibility index (Phi) is 2.94. The van der Waals surface area contributed by atoms with E-state index in [1.165, 1.54) is 18.5 Å². The Hall–Kier alpha value is -1.39. The van der Waals surface area contributed by atoms with Gasteiger partial charge in [0.2, 0.25) is 0 Å². The third-order valence-electron chi connectivity index (χ3n) is 2.30. The maximum absolute atomic E-state index is 13.6. The SMILES string of the molecule is C[C@@H](N)c1cncn1-c1cc(Cl)ccc1F. The van der Waals surface area contributed by atoms with Gasteiger partial charge < -0.3 is 5.73 Å². The van der Waals surface area contributed by atoms with Crippen LogP contribution in [0.3, 0.4) is 0 Å². The van der Waals surface area contributed by atoms with E-state index < -0.39 is 0 Å². The van der Waals surface area contributed by atoms with Crippen molar-refractivity contribution in [3.05, 3.63) is 47.3 Å². The van der Waals surface area contributed by atoms with Gasteiger partial charge in [0.1, 0.15) is 5.82 Å². The molecule has 2 rings (SSSR count). The molecule has 0 unspecified atom stereocenters. The van der Waals surface area contributed by atoms with Crippen LogP contribution in [0.15, 0.2) is 30.7 Å². The predicted molar refractivity (Wildman–Crippen MR) is 61.1 cm³/mol. The van der Waals surface area contributed by atoms with Crippen LogP contribution in [0.25, 0.3) is 5.69 Å². The van der Waals surface area contributed by atoms with Gasteiger partial charge in [-0.1, -0.05) is 11.6 Å². The van der Waals surface area contributed by atoms with Crippen molar-refractivity contribution in [1.29, 1.82) is 0 Å². The van der Waals surface area contributed by atoms with E-state index in [2.05, 4.69) is 4.98 Å². The van der Waals surface area contributed by atoms with E-state index in [4.69, 9.17) is 17.3 Å². The zero-order valence-electron chi connectivity index (χ0n) is 8.69. The molecule has 2 aromatic rings. The molecule has 0 bridgehead atoms. The molecule has 0 saturated heterocycles. The number of benzene rings is 1. The summed E-state index contributed by atoms with van der Waals surface area (Å²) in [5, 5.41) is 0.473. The van der Waals surface area contributed by atoms with Crippen LogP contribution >= 0.6 is 11.6 Å². The highest BCUT2D eigenvalue weighted by Crippen LogP contribution is 2.22. The molecule has 3 nitrogen and oxygen atoms in total.